The van der Waals surface area contributed by atoms with Gasteiger partial charge >= 0.3 is 5.97 Å². The first-order chi connectivity index (χ1) is 9.58. The lowest BCUT2D eigenvalue weighted by Crippen LogP contribution is -2.46. The highest BCUT2D eigenvalue weighted by Crippen LogP contribution is 2.05. The number of amides is 1. The van der Waals surface area contributed by atoms with Crippen molar-refractivity contribution in [2.45, 2.75) is 32.7 Å². The lowest BCUT2D eigenvalue weighted by Gasteiger charge is -2.16. The molecule has 5 nitrogen and oxygen atoms in total. The lowest BCUT2D eigenvalue weighted by molar-refractivity contribution is -0.148. The van der Waals surface area contributed by atoms with Gasteiger partial charge in [0.05, 0.1) is 6.61 Å². The predicted molar refractivity (Wildman–Crippen MR) is 74.0 cm³/mol. The molecule has 1 atom stereocenters. The van der Waals surface area contributed by atoms with Crippen LogP contribution in [0.2, 0.25) is 0 Å². The normalized spacial score (nSPS) is 11.5. The standard InChI is InChI=1S/C15H19NO4/c1-3-13(17)14(18)16-12(15(19)20-4-2)10-11-8-6-5-7-9-11/h5-9,12H,3-4,10H2,1-2H3,(H,16,18)/t12-/m0/s1. The molecule has 20 heavy (non-hydrogen) atoms. The zero-order valence-electron chi connectivity index (χ0n) is 11.7. The molecule has 0 aliphatic heterocycles. The molecule has 1 aromatic rings. The van der Waals surface area contributed by atoms with Crippen LogP contribution in [0.5, 0.6) is 0 Å². The number of benzene rings is 1. The summed E-state index contributed by atoms with van der Waals surface area (Å²) in [6.07, 6.45) is 0.398. The molecule has 0 aromatic heterocycles. The van der Waals surface area contributed by atoms with E-state index < -0.39 is 23.7 Å². The van der Waals surface area contributed by atoms with Gasteiger partial charge in [-0.15, -0.1) is 0 Å². The minimum absolute atomic E-state index is 0.104. The molecule has 1 amide bonds. The number of hydrogen-bond acceptors (Lipinski definition) is 4. The summed E-state index contributed by atoms with van der Waals surface area (Å²) in [5, 5.41) is 2.44. The van der Waals surface area contributed by atoms with Gasteiger partial charge in [0, 0.05) is 12.8 Å². The Labute approximate surface area is 118 Å². The number of hydrogen-bond donors (Lipinski definition) is 1. The third-order valence-corrected chi connectivity index (χ3v) is 2.73. The fourth-order valence-electron chi connectivity index (χ4n) is 1.69. The Morgan fingerprint density at radius 2 is 1.80 bits per heavy atom. The molecule has 0 unspecified atom stereocenters. The van der Waals surface area contributed by atoms with Crippen LogP contribution in [0.3, 0.4) is 0 Å². The van der Waals surface area contributed by atoms with Crippen LogP contribution in [-0.2, 0) is 25.5 Å². The van der Waals surface area contributed by atoms with Gasteiger partial charge in [-0.1, -0.05) is 37.3 Å². The van der Waals surface area contributed by atoms with E-state index in [2.05, 4.69) is 5.32 Å². The number of carbonyl (C=O) groups excluding carboxylic acids is 3. The third kappa shape index (κ3) is 4.84. The second-order valence-corrected chi connectivity index (χ2v) is 4.24. The van der Waals surface area contributed by atoms with Crippen LogP contribution >= 0.6 is 0 Å². The molecule has 0 saturated carbocycles. The van der Waals surface area contributed by atoms with Gasteiger partial charge in [0.15, 0.2) is 0 Å². The first-order valence-corrected chi connectivity index (χ1v) is 6.62. The minimum Gasteiger partial charge on any atom is -0.464 e. The topological polar surface area (TPSA) is 72.5 Å². The van der Waals surface area contributed by atoms with Crippen LogP contribution in [0.15, 0.2) is 30.3 Å². The van der Waals surface area contributed by atoms with Crippen molar-refractivity contribution in [3.8, 4) is 0 Å². The van der Waals surface area contributed by atoms with Gasteiger partial charge in [-0.05, 0) is 12.5 Å². The summed E-state index contributed by atoms with van der Waals surface area (Å²) in [4.78, 5) is 34.8. The third-order valence-electron chi connectivity index (χ3n) is 2.73. The second kappa shape index (κ2) is 8.09. The number of ether oxygens (including phenoxy) is 1. The molecule has 0 radical (unpaired) electrons. The molecule has 1 N–H and O–H groups in total. The van der Waals surface area contributed by atoms with E-state index in [-0.39, 0.29) is 13.0 Å². The van der Waals surface area contributed by atoms with E-state index in [0.717, 1.165) is 5.56 Å². The predicted octanol–water partition coefficient (Wildman–Crippen LogP) is 1.26. The van der Waals surface area contributed by atoms with E-state index in [1.165, 1.54) is 0 Å². The van der Waals surface area contributed by atoms with Gasteiger partial charge in [0.1, 0.15) is 6.04 Å². The SMILES string of the molecule is CCOC(=O)[C@H](Cc1ccccc1)NC(=O)C(=O)CC. The van der Waals surface area contributed by atoms with E-state index in [1.807, 2.05) is 30.3 Å². The van der Waals surface area contributed by atoms with Crippen molar-refractivity contribution < 1.29 is 19.1 Å². The number of nitrogens with one attached hydrogen (secondary N) is 1. The van der Waals surface area contributed by atoms with Gasteiger partial charge in [-0.2, -0.15) is 0 Å². The van der Waals surface area contributed by atoms with Gasteiger partial charge in [-0.25, -0.2) is 4.79 Å². The Hall–Kier alpha value is -2.17. The summed E-state index contributed by atoms with van der Waals surface area (Å²) in [6, 6.07) is 8.40. The van der Waals surface area contributed by atoms with Crippen molar-refractivity contribution in [3.63, 3.8) is 0 Å². The van der Waals surface area contributed by atoms with Gasteiger partial charge in [0.2, 0.25) is 5.78 Å². The lowest BCUT2D eigenvalue weighted by atomic mass is 10.1. The van der Waals surface area contributed by atoms with Crippen molar-refractivity contribution in [3.05, 3.63) is 35.9 Å². The summed E-state index contributed by atoms with van der Waals surface area (Å²) in [7, 11) is 0. The maximum atomic E-state index is 11.8. The van der Waals surface area contributed by atoms with Gasteiger partial charge in [0.25, 0.3) is 5.91 Å². The maximum Gasteiger partial charge on any atom is 0.328 e. The molecule has 0 fully saturated rings. The van der Waals surface area contributed by atoms with Gasteiger partial charge < -0.3 is 10.1 Å². The highest BCUT2D eigenvalue weighted by Gasteiger charge is 2.24. The summed E-state index contributed by atoms with van der Waals surface area (Å²) < 4.78 is 4.93. The average Bonchev–Trinajstić information content (AvgIpc) is 2.46. The Morgan fingerprint density at radius 3 is 2.35 bits per heavy atom. The average molecular weight is 277 g/mol. The molecule has 0 spiro atoms. The first-order valence-electron chi connectivity index (χ1n) is 6.62. The summed E-state index contributed by atoms with van der Waals surface area (Å²) >= 11 is 0. The number of Topliss-reactive ketones (excluding diaryl/α,β-unsaturated/α-hetero) is 1. The fraction of sp³-hybridized carbons (Fsp3) is 0.400. The van der Waals surface area contributed by atoms with E-state index in [0.29, 0.717) is 6.42 Å². The van der Waals surface area contributed by atoms with E-state index in [9.17, 15) is 14.4 Å². The Balaban J connectivity index is 2.77. The number of carbonyl (C=O) groups is 3. The molecule has 5 heteroatoms. The summed E-state index contributed by atoms with van der Waals surface area (Å²) in [5.41, 5.74) is 0.884. The van der Waals surface area contributed by atoms with E-state index in [4.69, 9.17) is 4.74 Å². The number of rotatable bonds is 7. The monoisotopic (exact) mass is 277 g/mol. The highest BCUT2D eigenvalue weighted by molar-refractivity contribution is 6.36. The van der Waals surface area contributed by atoms with E-state index >= 15 is 0 Å². The maximum absolute atomic E-state index is 11.8. The molecule has 0 saturated heterocycles. The number of ketones is 1. The first kappa shape index (κ1) is 15.9. The number of esters is 1. The van der Waals surface area contributed by atoms with Crippen molar-refractivity contribution in [1.29, 1.82) is 0 Å². The Bertz CT molecular complexity index is 470. The fourth-order valence-corrected chi connectivity index (χ4v) is 1.69. The molecule has 0 aliphatic rings. The van der Waals surface area contributed by atoms with Crippen LogP contribution in [0.4, 0.5) is 0 Å². The van der Waals surface area contributed by atoms with Crippen LogP contribution in [-0.4, -0.2) is 30.3 Å². The molecule has 0 heterocycles. The molecular weight excluding hydrogens is 258 g/mol. The van der Waals surface area contributed by atoms with Crippen molar-refractivity contribution in [1.82, 2.24) is 5.32 Å². The van der Waals surface area contributed by atoms with Crippen LogP contribution in [0, 0.1) is 0 Å². The summed E-state index contributed by atoms with van der Waals surface area (Å²) in [5.74, 6) is -1.83. The van der Waals surface area contributed by atoms with Crippen molar-refractivity contribution in [2.24, 2.45) is 0 Å². The van der Waals surface area contributed by atoms with Crippen molar-refractivity contribution in [2.75, 3.05) is 6.61 Å². The molecule has 1 rings (SSSR count). The molecule has 1 aromatic carbocycles. The smallest absolute Gasteiger partial charge is 0.328 e. The zero-order chi connectivity index (χ0) is 15.0. The highest BCUT2D eigenvalue weighted by atomic mass is 16.5. The molecule has 108 valence electrons. The van der Waals surface area contributed by atoms with Crippen molar-refractivity contribution >= 4 is 17.7 Å². The van der Waals surface area contributed by atoms with Crippen LogP contribution in [0.25, 0.3) is 0 Å². The molecule has 0 aliphatic carbocycles. The zero-order valence-corrected chi connectivity index (χ0v) is 11.7. The molecular formula is C15H19NO4. The largest absolute Gasteiger partial charge is 0.464 e. The molecule has 0 bridgehead atoms. The Kier molecular flexibility index (Phi) is 6.43. The van der Waals surface area contributed by atoms with Gasteiger partial charge in [-0.3, -0.25) is 9.59 Å². The van der Waals surface area contributed by atoms with E-state index in [1.54, 1.807) is 13.8 Å². The van der Waals surface area contributed by atoms with Crippen LogP contribution < -0.4 is 5.32 Å². The van der Waals surface area contributed by atoms with Crippen LogP contribution in [0.1, 0.15) is 25.8 Å². The Morgan fingerprint density at radius 1 is 1.15 bits per heavy atom. The second-order valence-electron chi connectivity index (χ2n) is 4.24. The summed E-state index contributed by atoms with van der Waals surface area (Å²) in [6.45, 7) is 3.51. The quantitative estimate of drug-likeness (QED) is 0.601. The minimum atomic E-state index is -0.847.